The van der Waals surface area contributed by atoms with Crippen molar-refractivity contribution in [1.29, 1.82) is 0 Å². The summed E-state index contributed by atoms with van der Waals surface area (Å²) in [6.07, 6.45) is 6.18. The maximum atomic E-state index is 12.5. The molecule has 0 unspecified atom stereocenters. The van der Waals surface area contributed by atoms with Crippen LogP contribution >= 0.6 is 0 Å². The van der Waals surface area contributed by atoms with Crippen molar-refractivity contribution in [3.63, 3.8) is 0 Å². The lowest BCUT2D eigenvalue weighted by molar-refractivity contribution is -0.121. The van der Waals surface area contributed by atoms with Gasteiger partial charge in [0.05, 0.1) is 0 Å². The van der Waals surface area contributed by atoms with Crippen LogP contribution < -0.4 is 11.0 Å². The minimum Gasteiger partial charge on any atom is -0.355 e. The molecule has 1 saturated carbocycles. The van der Waals surface area contributed by atoms with Crippen LogP contribution in [0.3, 0.4) is 0 Å². The van der Waals surface area contributed by atoms with Crippen LogP contribution in [-0.2, 0) is 16.8 Å². The lowest BCUT2D eigenvalue weighted by Crippen LogP contribution is -2.42. The number of hydrogen-bond donors (Lipinski definition) is 1. The second-order valence-corrected chi connectivity index (χ2v) is 7.71. The molecule has 5 heteroatoms. The second kappa shape index (κ2) is 8.51. The van der Waals surface area contributed by atoms with Gasteiger partial charge in [-0.3, -0.25) is 9.36 Å². The summed E-state index contributed by atoms with van der Waals surface area (Å²) >= 11 is 0. The molecule has 1 heterocycles. The van der Waals surface area contributed by atoms with E-state index in [4.69, 9.17) is 0 Å². The van der Waals surface area contributed by atoms with Gasteiger partial charge < -0.3 is 5.32 Å². The van der Waals surface area contributed by atoms with Crippen LogP contribution in [0, 0.1) is 13.8 Å². The zero-order chi connectivity index (χ0) is 19.3. The zero-order valence-corrected chi connectivity index (χ0v) is 16.3. The topological polar surface area (TPSA) is 64.0 Å². The molecule has 1 aromatic carbocycles. The van der Waals surface area contributed by atoms with Crippen LogP contribution in [0.25, 0.3) is 0 Å². The average Bonchev–Trinajstić information content (AvgIpc) is 2.67. The highest BCUT2D eigenvalue weighted by atomic mass is 16.2. The lowest BCUT2D eigenvalue weighted by atomic mass is 9.69. The fourth-order valence-corrected chi connectivity index (χ4v) is 4.20. The van der Waals surface area contributed by atoms with Gasteiger partial charge in [0.2, 0.25) is 5.91 Å². The summed E-state index contributed by atoms with van der Waals surface area (Å²) < 4.78 is 1.57. The molecule has 3 rings (SSSR count). The molecule has 27 heavy (non-hydrogen) atoms. The molecule has 2 aromatic rings. The lowest BCUT2D eigenvalue weighted by Gasteiger charge is -2.38. The summed E-state index contributed by atoms with van der Waals surface area (Å²) in [6.45, 7) is 4.71. The Balaban J connectivity index is 1.63. The predicted octanol–water partition coefficient (Wildman–Crippen LogP) is 3.27. The highest BCUT2D eigenvalue weighted by Gasteiger charge is 2.34. The van der Waals surface area contributed by atoms with E-state index in [1.807, 2.05) is 19.1 Å². The summed E-state index contributed by atoms with van der Waals surface area (Å²) in [6, 6.07) is 12.4. The van der Waals surface area contributed by atoms with E-state index in [1.54, 1.807) is 11.5 Å². The largest absolute Gasteiger partial charge is 0.355 e. The van der Waals surface area contributed by atoms with Gasteiger partial charge >= 0.3 is 5.69 Å². The third kappa shape index (κ3) is 4.65. The average molecular weight is 367 g/mol. The molecule has 1 aliphatic rings. The van der Waals surface area contributed by atoms with Crippen molar-refractivity contribution < 1.29 is 4.79 Å². The first-order valence-electron chi connectivity index (χ1n) is 9.87. The Kier molecular flexibility index (Phi) is 6.09. The standard InChI is InChI=1S/C22H29N3O2/c1-17-15-18(2)25(21(27)24-17)14-11-20(26)23-16-22(12-7-4-8-13-22)19-9-5-3-6-10-19/h3,5-6,9-10,15H,4,7-8,11-14,16H2,1-2H3,(H,23,26). The molecule has 144 valence electrons. The molecule has 1 fully saturated rings. The van der Waals surface area contributed by atoms with Gasteiger partial charge in [-0.1, -0.05) is 49.6 Å². The molecule has 0 atom stereocenters. The van der Waals surface area contributed by atoms with E-state index in [9.17, 15) is 9.59 Å². The number of hydrogen-bond acceptors (Lipinski definition) is 3. The van der Waals surface area contributed by atoms with Gasteiger partial charge in [0, 0.05) is 36.3 Å². The third-order valence-electron chi connectivity index (χ3n) is 5.73. The first-order chi connectivity index (χ1) is 13.0. The summed E-state index contributed by atoms with van der Waals surface area (Å²) in [7, 11) is 0. The van der Waals surface area contributed by atoms with E-state index in [-0.39, 0.29) is 23.4 Å². The maximum Gasteiger partial charge on any atom is 0.347 e. The van der Waals surface area contributed by atoms with Crippen LogP contribution in [0.4, 0.5) is 0 Å². The summed E-state index contributed by atoms with van der Waals surface area (Å²) in [5.41, 5.74) is 2.62. The number of nitrogens with zero attached hydrogens (tertiary/aromatic N) is 2. The van der Waals surface area contributed by atoms with Crippen molar-refractivity contribution in [3.8, 4) is 0 Å². The van der Waals surface area contributed by atoms with Crippen LogP contribution in [0.15, 0.2) is 41.2 Å². The molecule has 0 aliphatic heterocycles. The predicted molar refractivity (Wildman–Crippen MR) is 107 cm³/mol. The number of carbonyl (C=O) groups excluding carboxylic acids is 1. The Hall–Kier alpha value is -2.43. The zero-order valence-electron chi connectivity index (χ0n) is 16.3. The van der Waals surface area contributed by atoms with E-state index in [1.165, 1.54) is 24.8 Å². The normalized spacial score (nSPS) is 16.1. The molecular weight excluding hydrogens is 338 g/mol. The highest BCUT2D eigenvalue weighted by Crippen LogP contribution is 2.38. The Morgan fingerprint density at radius 2 is 1.85 bits per heavy atom. The van der Waals surface area contributed by atoms with E-state index >= 15 is 0 Å². The number of aryl methyl sites for hydroxylation is 2. The summed E-state index contributed by atoms with van der Waals surface area (Å²) in [4.78, 5) is 28.5. The van der Waals surface area contributed by atoms with Crippen molar-refractivity contribution in [1.82, 2.24) is 14.9 Å². The number of amides is 1. The molecule has 0 radical (unpaired) electrons. The molecule has 1 aliphatic carbocycles. The molecule has 1 amide bonds. The van der Waals surface area contributed by atoms with Crippen LogP contribution in [0.1, 0.15) is 55.5 Å². The van der Waals surface area contributed by atoms with Crippen molar-refractivity contribution >= 4 is 5.91 Å². The quantitative estimate of drug-likeness (QED) is 0.852. The van der Waals surface area contributed by atoms with Crippen molar-refractivity contribution in [3.05, 3.63) is 63.8 Å². The Morgan fingerprint density at radius 3 is 2.52 bits per heavy atom. The Bertz CT molecular complexity index is 836. The molecule has 0 saturated heterocycles. The van der Waals surface area contributed by atoms with Gasteiger partial charge in [-0.05, 0) is 38.3 Å². The number of nitrogens with one attached hydrogen (secondary N) is 1. The number of aromatic nitrogens is 2. The van der Waals surface area contributed by atoms with Crippen LogP contribution in [-0.4, -0.2) is 22.0 Å². The number of rotatable bonds is 6. The molecule has 0 spiro atoms. The molecule has 1 N–H and O–H groups in total. The third-order valence-corrected chi connectivity index (χ3v) is 5.73. The van der Waals surface area contributed by atoms with Crippen molar-refractivity contribution in [2.45, 2.75) is 64.3 Å². The van der Waals surface area contributed by atoms with Gasteiger partial charge in [0.25, 0.3) is 0 Å². The second-order valence-electron chi connectivity index (χ2n) is 7.71. The van der Waals surface area contributed by atoms with Gasteiger partial charge in [-0.25, -0.2) is 4.79 Å². The summed E-state index contributed by atoms with van der Waals surface area (Å²) in [5, 5.41) is 3.14. The fourth-order valence-electron chi connectivity index (χ4n) is 4.20. The minimum atomic E-state index is -0.284. The monoisotopic (exact) mass is 367 g/mol. The minimum absolute atomic E-state index is 0.0113. The SMILES string of the molecule is Cc1cc(C)n(CCC(=O)NCC2(c3ccccc3)CCCCC2)c(=O)n1. The van der Waals surface area contributed by atoms with Gasteiger partial charge in [0.15, 0.2) is 0 Å². The summed E-state index contributed by atoms with van der Waals surface area (Å²) in [5.74, 6) is -0.0113. The molecular formula is C22H29N3O2. The smallest absolute Gasteiger partial charge is 0.347 e. The van der Waals surface area contributed by atoms with Crippen molar-refractivity contribution in [2.24, 2.45) is 0 Å². The van der Waals surface area contributed by atoms with Gasteiger partial charge in [0.1, 0.15) is 0 Å². The van der Waals surface area contributed by atoms with E-state index in [0.29, 0.717) is 18.8 Å². The van der Waals surface area contributed by atoms with Gasteiger partial charge in [-0.2, -0.15) is 4.98 Å². The van der Waals surface area contributed by atoms with E-state index < -0.39 is 0 Å². The molecule has 0 bridgehead atoms. The van der Waals surface area contributed by atoms with Crippen LogP contribution in [0.5, 0.6) is 0 Å². The number of carbonyl (C=O) groups is 1. The number of benzene rings is 1. The Morgan fingerprint density at radius 1 is 1.15 bits per heavy atom. The maximum absolute atomic E-state index is 12.5. The molecule has 1 aromatic heterocycles. The van der Waals surface area contributed by atoms with E-state index in [0.717, 1.165) is 18.5 Å². The van der Waals surface area contributed by atoms with Crippen molar-refractivity contribution in [2.75, 3.05) is 6.54 Å². The highest BCUT2D eigenvalue weighted by molar-refractivity contribution is 5.76. The Labute approximate surface area is 160 Å². The molecule has 5 nitrogen and oxygen atoms in total. The first-order valence-corrected chi connectivity index (χ1v) is 9.87. The fraction of sp³-hybridized carbons (Fsp3) is 0.500. The van der Waals surface area contributed by atoms with E-state index in [2.05, 4.69) is 34.6 Å². The van der Waals surface area contributed by atoms with Gasteiger partial charge in [-0.15, -0.1) is 0 Å². The first kappa shape index (κ1) is 19.3. The van der Waals surface area contributed by atoms with Crippen LogP contribution in [0.2, 0.25) is 0 Å².